The summed E-state index contributed by atoms with van der Waals surface area (Å²) in [6.07, 6.45) is 1.78. The van der Waals surface area contributed by atoms with Gasteiger partial charge in [0.1, 0.15) is 4.60 Å². The Balaban J connectivity index is 2.69. The van der Waals surface area contributed by atoms with Gasteiger partial charge in [0.25, 0.3) is 0 Å². The van der Waals surface area contributed by atoms with E-state index in [-0.39, 0.29) is 5.04 Å². The molecule has 0 atom stereocenters. The van der Waals surface area contributed by atoms with Gasteiger partial charge in [0.15, 0.2) is 8.32 Å². The molecule has 2 nitrogen and oxygen atoms in total. The third kappa shape index (κ3) is 3.40. The molecule has 90 valence electrons. The average molecular weight is 302 g/mol. The molecular weight excluding hydrogens is 282 g/mol. The van der Waals surface area contributed by atoms with Crippen LogP contribution in [0.3, 0.4) is 0 Å². The maximum atomic E-state index is 6.13. The molecular formula is C12H20BrNOSi. The maximum absolute atomic E-state index is 6.13. The highest BCUT2D eigenvalue weighted by Gasteiger charge is 2.37. The van der Waals surface area contributed by atoms with E-state index in [0.29, 0.717) is 6.61 Å². The zero-order valence-corrected chi connectivity index (χ0v) is 13.3. The SMILES string of the molecule is CC(C)(C)[Si](C)(C)OCc1cccnc1Br. The molecule has 0 aliphatic carbocycles. The van der Waals surface area contributed by atoms with Crippen LogP contribution < -0.4 is 0 Å². The molecule has 1 aromatic heterocycles. The van der Waals surface area contributed by atoms with E-state index in [1.807, 2.05) is 12.1 Å². The summed E-state index contributed by atoms with van der Waals surface area (Å²) in [5.41, 5.74) is 1.12. The number of rotatable bonds is 3. The first-order valence-corrected chi connectivity index (χ1v) is 9.17. The second kappa shape index (κ2) is 4.98. The average Bonchev–Trinajstić information content (AvgIpc) is 2.15. The van der Waals surface area contributed by atoms with Crippen LogP contribution >= 0.6 is 15.9 Å². The first-order valence-electron chi connectivity index (χ1n) is 5.47. The maximum Gasteiger partial charge on any atom is 0.192 e. The van der Waals surface area contributed by atoms with Gasteiger partial charge in [-0.15, -0.1) is 0 Å². The fraction of sp³-hybridized carbons (Fsp3) is 0.583. The molecule has 0 bridgehead atoms. The molecule has 0 aliphatic rings. The monoisotopic (exact) mass is 301 g/mol. The van der Waals surface area contributed by atoms with Crippen LogP contribution in [0.1, 0.15) is 26.3 Å². The fourth-order valence-electron chi connectivity index (χ4n) is 1.00. The summed E-state index contributed by atoms with van der Waals surface area (Å²) in [6.45, 7) is 11.9. The van der Waals surface area contributed by atoms with E-state index >= 15 is 0 Å². The Morgan fingerprint density at radius 3 is 2.50 bits per heavy atom. The van der Waals surface area contributed by atoms with E-state index < -0.39 is 8.32 Å². The normalized spacial score (nSPS) is 12.9. The van der Waals surface area contributed by atoms with Gasteiger partial charge >= 0.3 is 0 Å². The third-order valence-electron chi connectivity index (χ3n) is 3.23. The number of halogens is 1. The van der Waals surface area contributed by atoms with Gasteiger partial charge in [-0.3, -0.25) is 0 Å². The van der Waals surface area contributed by atoms with Gasteiger partial charge in [0.05, 0.1) is 6.61 Å². The molecule has 0 amide bonds. The van der Waals surface area contributed by atoms with Crippen LogP contribution in [0.4, 0.5) is 0 Å². The Hall–Kier alpha value is -0.193. The molecule has 1 aromatic rings. The van der Waals surface area contributed by atoms with E-state index in [2.05, 4.69) is 54.8 Å². The van der Waals surface area contributed by atoms with E-state index in [4.69, 9.17) is 4.43 Å². The number of aromatic nitrogens is 1. The molecule has 16 heavy (non-hydrogen) atoms. The molecule has 4 heteroatoms. The second-order valence-electron chi connectivity index (χ2n) is 5.50. The molecule has 0 radical (unpaired) electrons. The minimum atomic E-state index is -1.66. The Morgan fingerprint density at radius 2 is 2.00 bits per heavy atom. The highest BCUT2D eigenvalue weighted by atomic mass is 79.9. The molecule has 0 aromatic carbocycles. The van der Waals surface area contributed by atoms with Crippen LogP contribution in [0.2, 0.25) is 18.1 Å². The lowest BCUT2D eigenvalue weighted by molar-refractivity contribution is 0.275. The van der Waals surface area contributed by atoms with Crippen molar-refractivity contribution in [3.05, 3.63) is 28.5 Å². The molecule has 0 aliphatic heterocycles. The van der Waals surface area contributed by atoms with E-state index in [1.165, 1.54) is 0 Å². The van der Waals surface area contributed by atoms with E-state index in [1.54, 1.807) is 6.20 Å². The minimum absolute atomic E-state index is 0.252. The summed E-state index contributed by atoms with van der Waals surface area (Å²) in [6, 6.07) is 3.99. The van der Waals surface area contributed by atoms with Gasteiger partial charge in [-0.2, -0.15) is 0 Å². The van der Waals surface area contributed by atoms with Crippen molar-refractivity contribution in [3.63, 3.8) is 0 Å². The second-order valence-corrected chi connectivity index (χ2v) is 11.1. The Morgan fingerprint density at radius 1 is 1.38 bits per heavy atom. The predicted octanol–water partition coefficient (Wildman–Crippen LogP) is 4.37. The van der Waals surface area contributed by atoms with E-state index in [0.717, 1.165) is 10.2 Å². The largest absolute Gasteiger partial charge is 0.412 e. The summed E-state index contributed by atoms with van der Waals surface area (Å²) in [7, 11) is -1.66. The molecule has 0 N–H and O–H groups in total. The van der Waals surface area contributed by atoms with Crippen molar-refractivity contribution >= 4 is 24.2 Å². The summed E-state index contributed by atoms with van der Waals surface area (Å²) < 4.78 is 7.01. The molecule has 1 rings (SSSR count). The number of hydrogen-bond donors (Lipinski definition) is 0. The highest BCUT2D eigenvalue weighted by Crippen LogP contribution is 2.37. The lowest BCUT2D eigenvalue weighted by Gasteiger charge is -2.36. The summed E-state index contributed by atoms with van der Waals surface area (Å²) in [4.78, 5) is 4.19. The standard InChI is InChI=1S/C12H20BrNOSi/c1-12(2,3)16(4,5)15-9-10-7-6-8-14-11(10)13/h6-8H,9H2,1-5H3. The van der Waals surface area contributed by atoms with Gasteiger partial charge in [0, 0.05) is 11.8 Å². The zero-order valence-electron chi connectivity index (χ0n) is 10.7. The van der Waals surface area contributed by atoms with Crippen molar-refractivity contribution in [1.29, 1.82) is 0 Å². The van der Waals surface area contributed by atoms with Gasteiger partial charge < -0.3 is 4.43 Å². The van der Waals surface area contributed by atoms with Crippen molar-refractivity contribution in [2.45, 2.75) is 45.5 Å². The first kappa shape index (κ1) is 13.9. The third-order valence-corrected chi connectivity index (χ3v) is 8.42. The Bertz CT molecular complexity index is 360. The molecule has 0 saturated heterocycles. The van der Waals surface area contributed by atoms with Crippen molar-refractivity contribution in [2.75, 3.05) is 0 Å². The fourth-order valence-corrected chi connectivity index (χ4v) is 2.32. The van der Waals surface area contributed by atoms with Crippen molar-refractivity contribution < 1.29 is 4.43 Å². The van der Waals surface area contributed by atoms with Crippen LogP contribution in [-0.4, -0.2) is 13.3 Å². The first-order chi connectivity index (χ1) is 7.24. The Kier molecular flexibility index (Phi) is 4.32. The highest BCUT2D eigenvalue weighted by molar-refractivity contribution is 9.10. The predicted molar refractivity (Wildman–Crippen MR) is 73.9 cm³/mol. The topological polar surface area (TPSA) is 22.1 Å². The molecule has 0 spiro atoms. The van der Waals surface area contributed by atoms with Gasteiger partial charge in [-0.05, 0) is 40.1 Å². The molecule has 1 heterocycles. The van der Waals surface area contributed by atoms with Gasteiger partial charge in [0.2, 0.25) is 0 Å². The molecule has 0 fully saturated rings. The van der Waals surface area contributed by atoms with Crippen molar-refractivity contribution in [1.82, 2.24) is 4.98 Å². The number of nitrogens with zero attached hydrogens (tertiary/aromatic N) is 1. The van der Waals surface area contributed by atoms with Crippen LogP contribution in [0.15, 0.2) is 22.9 Å². The summed E-state index contributed by atoms with van der Waals surface area (Å²) in [5, 5.41) is 0.252. The molecule has 0 saturated carbocycles. The summed E-state index contributed by atoms with van der Waals surface area (Å²) >= 11 is 3.44. The lowest BCUT2D eigenvalue weighted by atomic mass is 10.2. The van der Waals surface area contributed by atoms with Gasteiger partial charge in [-0.25, -0.2) is 4.98 Å². The quantitative estimate of drug-likeness (QED) is 0.611. The Labute approximate surface area is 108 Å². The number of hydrogen-bond acceptors (Lipinski definition) is 2. The van der Waals surface area contributed by atoms with Crippen LogP contribution in [-0.2, 0) is 11.0 Å². The lowest BCUT2D eigenvalue weighted by Crippen LogP contribution is -2.40. The van der Waals surface area contributed by atoms with Crippen LogP contribution in [0.25, 0.3) is 0 Å². The summed E-state index contributed by atoms with van der Waals surface area (Å²) in [5.74, 6) is 0. The molecule has 0 unspecified atom stereocenters. The van der Waals surface area contributed by atoms with Crippen LogP contribution in [0, 0.1) is 0 Å². The number of pyridine rings is 1. The smallest absolute Gasteiger partial charge is 0.192 e. The van der Waals surface area contributed by atoms with Crippen molar-refractivity contribution in [2.24, 2.45) is 0 Å². The van der Waals surface area contributed by atoms with Crippen LogP contribution in [0.5, 0.6) is 0 Å². The van der Waals surface area contributed by atoms with E-state index in [9.17, 15) is 0 Å². The zero-order chi connectivity index (χ0) is 12.4. The minimum Gasteiger partial charge on any atom is -0.412 e. The van der Waals surface area contributed by atoms with Gasteiger partial charge in [-0.1, -0.05) is 26.8 Å². The van der Waals surface area contributed by atoms with Crippen molar-refractivity contribution in [3.8, 4) is 0 Å².